The maximum absolute atomic E-state index is 13.6. The lowest BCUT2D eigenvalue weighted by atomic mass is 9.50. The summed E-state index contributed by atoms with van der Waals surface area (Å²) in [7, 11) is 0. The number of amides is 1. The molecule has 2 aromatic rings. The second kappa shape index (κ2) is 6.77. The molecule has 1 saturated heterocycles. The molecule has 5 aliphatic rings. The third-order valence-corrected chi connectivity index (χ3v) is 7.68. The molecular formula is C22H28N6O2. The van der Waals surface area contributed by atoms with Crippen molar-refractivity contribution in [2.24, 2.45) is 11.8 Å². The summed E-state index contributed by atoms with van der Waals surface area (Å²) in [4.78, 5) is 17.7. The van der Waals surface area contributed by atoms with Crippen LogP contribution >= 0.6 is 0 Å². The van der Waals surface area contributed by atoms with Crippen LogP contribution < -0.4 is 10.2 Å². The number of para-hydroxylation sites is 1. The van der Waals surface area contributed by atoms with Crippen LogP contribution in [0.5, 0.6) is 0 Å². The molecule has 30 heavy (non-hydrogen) atoms. The first-order chi connectivity index (χ1) is 14.6. The number of hydrogen-bond acceptors (Lipinski definition) is 6. The number of rotatable bonds is 4. The topological polar surface area (TPSA) is 85.2 Å². The molecule has 5 fully saturated rings. The summed E-state index contributed by atoms with van der Waals surface area (Å²) in [6.45, 7) is 3.05. The van der Waals surface area contributed by atoms with Gasteiger partial charge in [0.25, 0.3) is 5.91 Å². The second-order valence-electron chi connectivity index (χ2n) is 9.76. The SMILES string of the molecule is O=C(NC12CC3CC(C1)CC(n1ncnn1)(C3)C2)c1ccccc1N1CCOCC1. The highest BCUT2D eigenvalue weighted by Gasteiger charge is 2.60. The monoisotopic (exact) mass is 408 g/mol. The molecule has 2 atom stereocenters. The zero-order chi connectivity index (χ0) is 20.2. The van der Waals surface area contributed by atoms with Crippen LogP contribution in [0.1, 0.15) is 48.9 Å². The number of aromatic nitrogens is 4. The predicted octanol–water partition coefficient (Wildman–Crippen LogP) is 1.99. The Kier molecular flexibility index (Phi) is 4.13. The lowest BCUT2D eigenvalue weighted by molar-refractivity contribution is -0.0810. The van der Waals surface area contributed by atoms with Crippen LogP contribution in [0.15, 0.2) is 30.6 Å². The molecule has 7 rings (SSSR count). The van der Waals surface area contributed by atoms with E-state index in [1.165, 1.54) is 12.7 Å². The Morgan fingerprint density at radius 1 is 1.10 bits per heavy atom. The number of hydrogen-bond donors (Lipinski definition) is 1. The van der Waals surface area contributed by atoms with E-state index < -0.39 is 0 Å². The molecule has 1 aromatic heterocycles. The van der Waals surface area contributed by atoms with E-state index in [0.29, 0.717) is 25.0 Å². The van der Waals surface area contributed by atoms with Crippen molar-refractivity contribution in [2.45, 2.75) is 49.6 Å². The summed E-state index contributed by atoms with van der Waals surface area (Å²) in [5.74, 6) is 1.28. The third-order valence-electron chi connectivity index (χ3n) is 7.68. The molecule has 8 nitrogen and oxygen atoms in total. The highest BCUT2D eigenvalue weighted by molar-refractivity contribution is 6.00. The standard InChI is InChI=1S/C22H28N6O2/c29-20(18-3-1-2-4-19(18)27-5-7-30-8-6-27)25-21-10-16-9-17(11-21)13-22(12-16,14-21)28-24-15-23-26-28/h1-4,15-17H,5-14H2,(H,25,29). The van der Waals surface area contributed by atoms with Gasteiger partial charge in [-0.1, -0.05) is 12.1 Å². The van der Waals surface area contributed by atoms with Crippen LogP contribution in [-0.2, 0) is 10.3 Å². The van der Waals surface area contributed by atoms with Crippen LogP contribution in [0.25, 0.3) is 0 Å². The molecule has 1 amide bonds. The number of benzene rings is 1. The molecular weight excluding hydrogens is 380 g/mol. The maximum Gasteiger partial charge on any atom is 0.253 e. The molecule has 2 heterocycles. The van der Waals surface area contributed by atoms with Crippen LogP contribution in [0.4, 0.5) is 5.69 Å². The lowest BCUT2D eigenvalue weighted by Gasteiger charge is -2.61. The van der Waals surface area contributed by atoms with Gasteiger partial charge in [0.15, 0.2) is 6.33 Å². The van der Waals surface area contributed by atoms with Crippen molar-refractivity contribution in [1.29, 1.82) is 0 Å². The summed E-state index contributed by atoms with van der Waals surface area (Å²) < 4.78 is 5.50. The molecule has 158 valence electrons. The summed E-state index contributed by atoms with van der Waals surface area (Å²) in [6.07, 6.45) is 8.01. The zero-order valence-electron chi connectivity index (χ0n) is 17.2. The largest absolute Gasteiger partial charge is 0.378 e. The molecule has 1 aromatic carbocycles. The van der Waals surface area contributed by atoms with Crippen molar-refractivity contribution in [1.82, 2.24) is 25.5 Å². The third kappa shape index (κ3) is 2.92. The van der Waals surface area contributed by atoms with Crippen molar-refractivity contribution in [3.63, 3.8) is 0 Å². The van der Waals surface area contributed by atoms with Crippen LogP contribution in [-0.4, -0.2) is 58.0 Å². The van der Waals surface area contributed by atoms with Gasteiger partial charge in [-0.2, -0.15) is 4.80 Å². The lowest BCUT2D eigenvalue weighted by Crippen LogP contribution is -2.66. The Morgan fingerprint density at radius 2 is 1.87 bits per heavy atom. The van der Waals surface area contributed by atoms with Gasteiger partial charge in [-0.3, -0.25) is 4.79 Å². The average Bonchev–Trinajstić information content (AvgIpc) is 3.29. The van der Waals surface area contributed by atoms with Crippen molar-refractivity contribution >= 4 is 11.6 Å². The first-order valence-corrected chi connectivity index (χ1v) is 11.1. The van der Waals surface area contributed by atoms with Crippen LogP contribution in [0, 0.1) is 11.8 Å². The number of nitrogens with one attached hydrogen (secondary N) is 1. The van der Waals surface area contributed by atoms with Crippen LogP contribution in [0.3, 0.4) is 0 Å². The van der Waals surface area contributed by atoms with Gasteiger partial charge in [-0.15, -0.1) is 10.2 Å². The number of tetrazole rings is 1. The van der Waals surface area contributed by atoms with E-state index in [-0.39, 0.29) is 17.0 Å². The van der Waals surface area contributed by atoms with Crippen molar-refractivity contribution in [2.75, 3.05) is 31.2 Å². The van der Waals surface area contributed by atoms with Gasteiger partial charge < -0.3 is 15.0 Å². The molecule has 8 heteroatoms. The van der Waals surface area contributed by atoms with E-state index in [1.54, 1.807) is 0 Å². The Labute approximate surface area is 176 Å². The Balaban J connectivity index is 1.29. The normalized spacial score (nSPS) is 34.9. The number of nitrogens with zero attached hydrogens (tertiary/aromatic N) is 5. The molecule has 1 N–H and O–H groups in total. The van der Waals surface area contributed by atoms with E-state index in [2.05, 4.69) is 31.7 Å². The quantitative estimate of drug-likeness (QED) is 0.833. The van der Waals surface area contributed by atoms with E-state index in [9.17, 15) is 4.79 Å². The number of morpholine rings is 1. The first kappa shape index (κ1) is 18.3. The van der Waals surface area contributed by atoms with Gasteiger partial charge in [0.1, 0.15) is 0 Å². The van der Waals surface area contributed by atoms with Gasteiger partial charge >= 0.3 is 0 Å². The number of carbonyl (C=O) groups is 1. The summed E-state index contributed by atoms with van der Waals surface area (Å²) >= 11 is 0. The van der Waals surface area contributed by atoms with Crippen molar-refractivity contribution in [3.8, 4) is 0 Å². The van der Waals surface area contributed by atoms with Gasteiger partial charge in [0, 0.05) is 24.3 Å². The average molecular weight is 409 g/mol. The molecule has 4 aliphatic carbocycles. The number of anilines is 1. The molecule has 0 spiro atoms. The van der Waals surface area contributed by atoms with Crippen molar-refractivity contribution < 1.29 is 9.53 Å². The first-order valence-electron chi connectivity index (χ1n) is 11.1. The van der Waals surface area contributed by atoms with Gasteiger partial charge in [-0.25, -0.2) is 0 Å². The fourth-order valence-corrected chi connectivity index (χ4v) is 7.03. The predicted molar refractivity (Wildman–Crippen MR) is 110 cm³/mol. The Morgan fingerprint density at radius 3 is 2.60 bits per heavy atom. The van der Waals surface area contributed by atoms with Gasteiger partial charge in [0.2, 0.25) is 0 Å². The maximum atomic E-state index is 13.6. The van der Waals surface area contributed by atoms with E-state index in [1.807, 2.05) is 23.0 Å². The highest BCUT2D eigenvalue weighted by Crippen LogP contribution is 2.60. The molecule has 2 unspecified atom stereocenters. The Hall–Kier alpha value is -2.48. The minimum Gasteiger partial charge on any atom is -0.378 e. The summed E-state index contributed by atoms with van der Waals surface area (Å²) in [5.41, 5.74) is 1.50. The fraction of sp³-hybridized carbons (Fsp3) is 0.636. The van der Waals surface area contributed by atoms with E-state index in [4.69, 9.17) is 4.74 Å². The molecule has 4 bridgehead atoms. The minimum absolute atomic E-state index is 0.0424. The van der Waals surface area contributed by atoms with E-state index >= 15 is 0 Å². The molecule has 4 saturated carbocycles. The van der Waals surface area contributed by atoms with Gasteiger partial charge in [-0.05, 0) is 67.7 Å². The van der Waals surface area contributed by atoms with Gasteiger partial charge in [0.05, 0.1) is 24.3 Å². The smallest absolute Gasteiger partial charge is 0.253 e. The molecule has 1 aliphatic heterocycles. The Bertz CT molecular complexity index is 925. The highest BCUT2D eigenvalue weighted by atomic mass is 16.5. The summed E-state index contributed by atoms with van der Waals surface area (Å²) in [5, 5.41) is 16.2. The number of ether oxygens (including phenoxy) is 1. The fourth-order valence-electron chi connectivity index (χ4n) is 7.03. The molecule has 0 radical (unpaired) electrons. The number of carbonyl (C=O) groups excluding carboxylic acids is 1. The van der Waals surface area contributed by atoms with E-state index in [0.717, 1.165) is 56.4 Å². The minimum atomic E-state index is -0.174. The summed E-state index contributed by atoms with van der Waals surface area (Å²) in [6, 6.07) is 7.98. The zero-order valence-corrected chi connectivity index (χ0v) is 17.2. The van der Waals surface area contributed by atoms with Crippen molar-refractivity contribution in [3.05, 3.63) is 36.2 Å². The second-order valence-corrected chi connectivity index (χ2v) is 9.76. The van der Waals surface area contributed by atoms with Crippen LogP contribution in [0.2, 0.25) is 0 Å².